The second kappa shape index (κ2) is 3.26. The van der Waals surface area contributed by atoms with Crippen LogP contribution in [0.25, 0.3) is 11.6 Å². The fraction of sp³-hybridized carbons (Fsp3) is 0. The third-order valence-corrected chi connectivity index (χ3v) is 1.97. The van der Waals surface area contributed by atoms with Gasteiger partial charge in [-0.3, -0.25) is 0 Å². The lowest BCUT2D eigenvalue weighted by molar-refractivity contribution is 0.554. The number of hydrogen-bond acceptors (Lipinski definition) is 3. The Morgan fingerprint density at radius 1 is 1.46 bits per heavy atom. The van der Waals surface area contributed by atoms with Crippen molar-refractivity contribution >= 4 is 15.9 Å². The van der Waals surface area contributed by atoms with E-state index in [0.29, 0.717) is 5.76 Å². The van der Waals surface area contributed by atoms with E-state index in [9.17, 15) is 4.39 Å². The Labute approximate surface area is 81.8 Å². The quantitative estimate of drug-likeness (QED) is 0.722. The third-order valence-electron chi connectivity index (χ3n) is 1.44. The van der Waals surface area contributed by atoms with E-state index in [1.807, 2.05) is 0 Å². The fourth-order valence-corrected chi connectivity index (χ4v) is 1.06. The molecule has 0 radical (unpaired) electrons. The lowest BCUT2D eigenvalue weighted by Crippen LogP contribution is -1.91. The van der Waals surface area contributed by atoms with E-state index in [0.717, 1.165) is 0 Å². The standard InChI is InChI=1S/C8H4BrFN2O/c9-5-4-11-8(12-7(5)10)6-2-1-3-13-6/h1-4H. The minimum Gasteiger partial charge on any atom is -0.461 e. The van der Waals surface area contributed by atoms with Crippen molar-refractivity contribution < 1.29 is 8.81 Å². The molecule has 0 aromatic carbocycles. The predicted octanol–water partition coefficient (Wildman–Crippen LogP) is 2.64. The molecule has 13 heavy (non-hydrogen) atoms. The molecule has 3 nitrogen and oxygen atoms in total. The molecule has 0 unspecified atom stereocenters. The molecule has 0 aliphatic heterocycles. The largest absolute Gasteiger partial charge is 0.461 e. The van der Waals surface area contributed by atoms with E-state index in [2.05, 4.69) is 25.9 Å². The average Bonchev–Trinajstić information content (AvgIpc) is 2.62. The van der Waals surface area contributed by atoms with Crippen LogP contribution in [0.3, 0.4) is 0 Å². The molecule has 0 aliphatic carbocycles. The summed E-state index contributed by atoms with van der Waals surface area (Å²) in [4.78, 5) is 7.49. The summed E-state index contributed by atoms with van der Waals surface area (Å²) < 4.78 is 18.2. The second-order valence-corrected chi connectivity index (χ2v) is 3.16. The Morgan fingerprint density at radius 2 is 2.31 bits per heavy atom. The Bertz CT molecular complexity index is 416. The first-order chi connectivity index (χ1) is 6.27. The van der Waals surface area contributed by atoms with Crippen LogP contribution in [0.5, 0.6) is 0 Å². The number of halogens is 2. The van der Waals surface area contributed by atoms with E-state index in [1.165, 1.54) is 12.5 Å². The molecule has 0 fully saturated rings. The van der Waals surface area contributed by atoms with Crippen molar-refractivity contribution in [1.29, 1.82) is 0 Å². The summed E-state index contributed by atoms with van der Waals surface area (Å²) in [6.45, 7) is 0. The van der Waals surface area contributed by atoms with Crippen LogP contribution >= 0.6 is 15.9 Å². The molecule has 0 aliphatic rings. The number of hydrogen-bond donors (Lipinski definition) is 0. The van der Waals surface area contributed by atoms with Crippen LogP contribution in [0.4, 0.5) is 4.39 Å². The van der Waals surface area contributed by atoms with Gasteiger partial charge in [0.1, 0.15) is 0 Å². The zero-order chi connectivity index (χ0) is 9.26. The van der Waals surface area contributed by atoms with E-state index >= 15 is 0 Å². The third kappa shape index (κ3) is 1.60. The second-order valence-electron chi connectivity index (χ2n) is 2.31. The van der Waals surface area contributed by atoms with Crippen molar-refractivity contribution in [3.05, 3.63) is 35.0 Å². The summed E-state index contributed by atoms with van der Waals surface area (Å²) in [5, 5.41) is 0. The molecule has 2 rings (SSSR count). The van der Waals surface area contributed by atoms with E-state index in [4.69, 9.17) is 4.42 Å². The highest BCUT2D eigenvalue weighted by Gasteiger charge is 2.07. The topological polar surface area (TPSA) is 38.9 Å². The van der Waals surface area contributed by atoms with Crippen LogP contribution in [0.2, 0.25) is 0 Å². The summed E-state index contributed by atoms with van der Waals surface area (Å²) in [5.41, 5.74) is 0. The number of aromatic nitrogens is 2. The van der Waals surface area contributed by atoms with Gasteiger partial charge in [-0.2, -0.15) is 9.37 Å². The van der Waals surface area contributed by atoms with Gasteiger partial charge >= 0.3 is 0 Å². The molecule has 2 heterocycles. The van der Waals surface area contributed by atoms with E-state index < -0.39 is 5.95 Å². The number of furan rings is 1. The Balaban J connectivity index is 2.49. The molecule has 0 spiro atoms. The maximum atomic E-state index is 12.9. The van der Waals surface area contributed by atoms with Crippen LogP contribution in [0.15, 0.2) is 33.5 Å². The minimum absolute atomic E-state index is 0.239. The minimum atomic E-state index is -0.596. The number of nitrogens with zero attached hydrogens (tertiary/aromatic N) is 2. The smallest absolute Gasteiger partial charge is 0.230 e. The van der Waals surface area contributed by atoms with Gasteiger partial charge in [-0.15, -0.1) is 0 Å². The molecule has 0 saturated heterocycles. The van der Waals surface area contributed by atoms with Gasteiger partial charge in [0.05, 0.1) is 10.7 Å². The summed E-state index contributed by atoms with van der Waals surface area (Å²) >= 11 is 2.96. The first-order valence-electron chi connectivity index (χ1n) is 3.49. The Kier molecular flexibility index (Phi) is 2.10. The highest BCUT2D eigenvalue weighted by Crippen LogP contribution is 2.18. The predicted molar refractivity (Wildman–Crippen MR) is 47.4 cm³/mol. The number of rotatable bonds is 1. The molecular weight excluding hydrogens is 239 g/mol. The first kappa shape index (κ1) is 8.37. The lowest BCUT2D eigenvalue weighted by atomic mass is 10.4. The van der Waals surface area contributed by atoms with Crippen molar-refractivity contribution in [2.45, 2.75) is 0 Å². The van der Waals surface area contributed by atoms with Crippen LogP contribution in [-0.4, -0.2) is 9.97 Å². The van der Waals surface area contributed by atoms with Gasteiger partial charge in [-0.05, 0) is 28.1 Å². The van der Waals surface area contributed by atoms with Gasteiger partial charge in [0.15, 0.2) is 11.6 Å². The van der Waals surface area contributed by atoms with Crippen molar-refractivity contribution in [3.8, 4) is 11.6 Å². The van der Waals surface area contributed by atoms with E-state index in [-0.39, 0.29) is 10.3 Å². The average molecular weight is 243 g/mol. The molecule has 2 aromatic rings. The first-order valence-corrected chi connectivity index (χ1v) is 4.28. The van der Waals surface area contributed by atoms with Gasteiger partial charge in [0.2, 0.25) is 5.95 Å². The highest BCUT2D eigenvalue weighted by molar-refractivity contribution is 9.10. The van der Waals surface area contributed by atoms with Crippen LogP contribution in [-0.2, 0) is 0 Å². The molecule has 0 saturated carbocycles. The van der Waals surface area contributed by atoms with Crippen LogP contribution in [0, 0.1) is 5.95 Å². The maximum absolute atomic E-state index is 12.9. The molecule has 0 atom stereocenters. The zero-order valence-electron chi connectivity index (χ0n) is 6.37. The van der Waals surface area contributed by atoms with Crippen molar-refractivity contribution in [3.63, 3.8) is 0 Å². The van der Waals surface area contributed by atoms with Crippen LogP contribution in [0.1, 0.15) is 0 Å². The van der Waals surface area contributed by atoms with Gasteiger partial charge in [-0.25, -0.2) is 4.98 Å². The maximum Gasteiger partial charge on any atom is 0.230 e. The summed E-state index contributed by atoms with van der Waals surface area (Å²) in [6.07, 6.45) is 2.83. The normalized spacial score (nSPS) is 10.3. The van der Waals surface area contributed by atoms with Gasteiger partial charge < -0.3 is 4.42 Å². The monoisotopic (exact) mass is 242 g/mol. The molecule has 5 heteroatoms. The Morgan fingerprint density at radius 3 is 2.92 bits per heavy atom. The van der Waals surface area contributed by atoms with Gasteiger partial charge in [0, 0.05) is 6.20 Å². The highest BCUT2D eigenvalue weighted by atomic mass is 79.9. The molecule has 2 aromatic heterocycles. The summed E-state index contributed by atoms with van der Waals surface area (Å²) in [6, 6.07) is 3.36. The van der Waals surface area contributed by atoms with Crippen molar-refractivity contribution in [2.24, 2.45) is 0 Å². The van der Waals surface area contributed by atoms with Gasteiger partial charge in [-0.1, -0.05) is 0 Å². The molecule has 0 amide bonds. The summed E-state index contributed by atoms with van der Waals surface area (Å²) in [7, 11) is 0. The van der Waals surface area contributed by atoms with Crippen molar-refractivity contribution in [1.82, 2.24) is 9.97 Å². The lowest BCUT2D eigenvalue weighted by Gasteiger charge is -1.95. The Hall–Kier alpha value is -1.23. The molecule has 0 bridgehead atoms. The SMILES string of the molecule is Fc1nc(-c2ccco2)ncc1Br. The van der Waals surface area contributed by atoms with Crippen LogP contribution < -0.4 is 0 Å². The summed E-state index contributed by atoms with van der Waals surface area (Å²) in [5.74, 6) is 0.0958. The zero-order valence-corrected chi connectivity index (χ0v) is 7.95. The van der Waals surface area contributed by atoms with E-state index in [1.54, 1.807) is 12.1 Å². The van der Waals surface area contributed by atoms with Gasteiger partial charge in [0.25, 0.3) is 0 Å². The molecular formula is C8H4BrFN2O. The fourth-order valence-electron chi connectivity index (χ4n) is 0.871. The molecule has 66 valence electrons. The van der Waals surface area contributed by atoms with Crippen molar-refractivity contribution in [2.75, 3.05) is 0 Å². The molecule has 0 N–H and O–H groups in total.